The van der Waals surface area contributed by atoms with Gasteiger partial charge < -0.3 is 5.32 Å². The summed E-state index contributed by atoms with van der Waals surface area (Å²) in [5, 5.41) is 3.52. The molecule has 0 bridgehead atoms. The van der Waals surface area contributed by atoms with E-state index in [1.54, 1.807) is 0 Å². The number of nitrogens with one attached hydrogen (secondary N) is 1. The van der Waals surface area contributed by atoms with Gasteiger partial charge in [-0.15, -0.1) is 11.3 Å². The Hall–Kier alpha value is -1.19. The van der Waals surface area contributed by atoms with Crippen LogP contribution in [-0.2, 0) is 0 Å². The van der Waals surface area contributed by atoms with Crippen LogP contribution in [0.5, 0.6) is 0 Å². The lowest BCUT2D eigenvalue weighted by Crippen LogP contribution is -2.18. The second kappa shape index (κ2) is 6.12. The number of aromatic nitrogens is 1. The summed E-state index contributed by atoms with van der Waals surface area (Å²) in [6.45, 7) is 7.47. The molecule has 0 saturated heterocycles. The zero-order valence-electron chi connectivity index (χ0n) is 11.2. The minimum atomic E-state index is 0.478. The van der Waals surface area contributed by atoms with E-state index in [1.807, 2.05) is 23.7 Å². The summed E-state index contributed by atoms with van der Waals surface area (Å²) >= 11 is 1.86. The average Bonchev–Trinajstić information content (AvgIpc) is 2.85. The Morgan fingerprint density at radius 3 is 2.78 bits per heavy atom. The van der Waals surface area contributed by atoms with Crippen molar-refractivity contribution in [3.63, 3.8) is 0 Å². The van der Waals surface area contributed by atoms with Gasteiger partial charge in [-0.2, -0.15) is 0 Å². The van der Waals surface area contributed by atoms with E-state index >= 15 is 0 Å². The molecular formula is C15H20N2S. The molecule has 0 aromatic carbocycles. The van der Waals surface area contributed by atoms with Gasteiger partial charge in [0.2, 0.25) is 0 Å². The lowest BCUT2D eigenvalue weighted by molar-refractivity contribution is 0.545. The summed E-state index contributed by atoms with van der Waals surface area (Å²) in [7, 11) is 0. The summed E-state index contributed by atoms with van der Waals surface area (Å²) in [6.07, 6.45) is 4.96. The topological polar surface area (TPSA) is 24.9 Å². The predicted molar refractivity (Wildman–Crippen MR) is 79.0 cm³/mol. The van der Waals surface area contributed by atoms with E-state index in [2.05, 4.69) is 49.3 Å². The average molecular weight is 260 g/mol. The molecule has 0 aliphatic carbocycles. The van der Waals surface area contributed by atoms with Crippen LogP contribution in [0.15, 0.2) is 30.6 Å². The van der Waals surface area contributed by atoms with E-state index < -0.39 is 0 Å². The zero-order chi connectivity index (χ0) is 13.0. The van der Waals surface area contributed by atoms with E-state index in [0.717, 1.165) is 13.0 Å². The number of thiophene rings is 1. The molecule has 2 nitrogen and oxygen atoms in total. The van der Waals surface area contributed by atoms with Gasteiger partial charge >= 0.3 is 0 Å². The van der Waals surface area contributed by atoms with E-state index in [1.165, 1.54) is 20.9 Å². The van der Waals surface area contributed by atoms with Crippen LogP contribution in [0, 0.1) is 6.92 Å². The first kappa shape index (κ1) is 13.2. The number of pyridine rings is 1. The number of nitrogens with zero attached hydrogens (tertiary/aromatic N) is 1. The van der Waals surface area contributed by atoms with Crippen LogP contribution >= 0.6 is 11.3 Å². The highest BCUT2D eigenvalue weighted by atomic mass is 32.1. The summed E-state index contributed by atoms with van der Waals surface area (Å²) in [5.41, 5.74) is 2.43. The highest BCUT2D eigenvalue weighted by molar-refractivity contribution is 7.15. The van der Waals surface area contributed by atoms with Crippen LogP contribution in [0.1, 0.15) is 36.8 Å². The maximum absolute atomic E-state index is 4.26. The summed E-state index contributed by atoms with van der Waals surface area (Å²) in [4.78, 5) is 6.98. The van der Waals surface area contributed by atoms with Crippen LogP contribution in [0.2, 0.25) is 0 Å². The molecule has 0 aliphatic rings. The molecule has 96 valence electrons. The summed E-state index contributed by atoms with van der Waals surface area (Å²) < 4.78 is 0. The van der Waals surface area contributed by atoms with Gasteiger partial charge in [0.15, 0.2) is 0 Å². The molecule has 1 unspecified atom stereocenters. The summed E-state index contributed by atoms with van der Waals surface area (Å²) in [5.74, 6) is 0. The molecule has 1 N–H and O–H groups in total. The Morgan fingerprint density at radius 2 is 2.11 bits per heavy atom. The second-order valence-corrected chi connectivity index (χ2v) is 5.59. The van der Waals surface area contributed by atoms with Gasteiger partial charge in [-0.05, 0) is 43.7 Å². The first-order valence-electron chi connectivity index (χ1n) is 6.49. The van der Waals surface area contributed by atoms with Crippen LogP contribution in [0.4, 0.5) is 0 Å². The molecule has 18 heavy (non-hydrogen) atoms. The lowest BCUT2D eigenvalue weighted by Gasteiger charge is -2.13. The quantitative estimate of drug-likeness (QED) is 0.872. The number of rotatable bonds is 5. The molecule has 0 saturated carbocycles. The molecule has 2 aromatic rings. The fourth-order valence-corrected chi connectivity index (χ4v) is 3.23. The Morgan fingerprint density at radius 1 is 1.28 bits per heavy atom. The van der Waals surface area contributed by atoms with Gasteiger partial charge in [-0.1, -0.05) is 13.8 Å². The van der Waals surface area contributed by atoms with Gasteiger partial charge in [0.05, 0.1) is 0 Å². The van der Waals surface area contributed by atoms with Gasteiger partial charge in [-0.3, -0.25) is 4.98 Å². The van der Waals surface area contributed by atoms with Crippen molar-refractivity contribution in [1.29, 1.82) is 0 Å². The maximum atomic E-state index is 4.26. The van der Waals surface area contributed by atoms with Crippen LogP contribution in [-0.4, -0.2) is 11.5 Å². The standard InChI is InChI=1S/C15H20N2S/c1-4-13(17-5-2)15-7-6-14(18-15)12-8-11(3)9-16-10-12/h6-10,13,17H,4-5H2,1-3H3. The molecule has 0 aliphatic heterocycles. The molecule has 0 spiro atoms. The first-order valence-corrected chi connectivity index (χ1v) is 7.31. The number of hydrogen-bond acceptors (Lipinski definition) is 3. The molecule has 1 atom stereocenters. The predicted octanol–water partition coefficient (Wildman–Crippen LogP) is 4.18. The molecule has 3 heteroatoms. The minimum Gasteiger partial charge on any atom is -0.310 e. The van der Waals surface area contributed by atoms with E-state index in [9.17, 15) is 0 Å². The molecule has 0 fully saturated rings. The Labute approximate surface area is 113 Å². The van der Waals surface area contributed by atoms with E-state index in [0.29, 0.717) is 6.04 Å². The largest absolute Gasteiger partial charge is 0.310 e. The summed E-state index contributed by atoms with van der Waals surface area (Å²) in [6, 6.07) is 7.11. The van der Waals surface area contributed by atoms with Gasteiger partial charge in [-0.25, -0.2) is 0 Å². The van der Waals surface area contributed by atoms with Crippen molar-refractivity contribution < 1.29 is 0 Å². The molecule has 0 radical (unpaired) electrons. The van der Waals surface area contributed by atoms with Crippen LogP contribution in [0.3, 0.4) is 0 Å². The van der Waals surface area contributed by atoms with Crippen molar-refractivity contribution in [1.82, 2.24) is 10.3 Å². The van der Waals surface area contributed by atoms with Crippen molar-refractivity contribution in [2.75, 3.05) is 6.54 Å². The second-order valence-electron chi connectivity index (χ2n) is 4.47. The molecule has 2 aromatic heterocycles. The highest BCUT2D eigenvalue weighted by Crippen LogP contribution is 2.32. The third kappa shape index (κ3) is 2.98. The van der Waals surface area contributed by atoms with Crippen molar-refractivity contribution >= 4 is 11.3 Å². The normalized spacial score (nSPS) is 12.6. The van der Waals surface area contributed by atoms with Crippen molar-refractivity contribution in [3.05, 3.63) is 41.0 Å². The third-order valence-electron chi connectivity index (χ3n) is 2.99. The van der Waals surface area contributed by atoms with Crippen LogP contribution < -0.4 is 5.32 Å². The smallest absolute Gasteiger partial charge is 0.0412 e. The van der Waals surface area contributed by atoms with Crippen LogP contribution in [0.25, 0.3) is 10.4 Å². The minimum absolute atomic E-state index is 0.478. The number of hydrogen-bond donors (Lipinski definition) is 1. The Balaban J connectivity index is 2.24. The van der Waals surface area contributed by atoms with Crippen molar-refractivity contribution in [2.24, 2.45) is 0 Å². The first-order chi connectivity index (χ1) is 8.74. The Bertz CT molecular complexity index is 505. The Kier molecular flexibility index (Phi) is 4.50. The van der Waals surface area contributed by atoms with E-state index in [-0.39, 0.29) is 0 Å². The molecular weight excluding hydrogens is 240 g/mol. The monoisotopic (exact) mass is 260 g/mol. The zero-order valence-corrected chi connectivity index (χ0v) is 12.1. The molecule has 2 heterocycles. The van der Waals surface area contributed by atoms with Gasteiger partial charge in [0.1, 0.15) is 0 Å². The lowest BCUT2D eigenvalue weighted by atomic mass is 10.1. The van der Waals surface area contributed by atoms with E-state index in [4.69, 9.17) is 0 Å². The van der Waals surface area contributed by atoms with Gasteiger partial charge in [0.25, 0.3) is 0 Å². The number of aryl methyl sites for hydroxylation is 1. The van der Waals surface area contributed by atoms with Crippen molar-refractivity contribution in [2.45, 2.75) is 33.2 Å². The molecule has 2 rings (SSSR count). The fourth-order valence-electron chi connectivity index (χ4n) is 2.08. The SMILES string of the molecule is CCNC(CC)c1ccc(-c2cncc(C)c2)s1. The van der Waals surface area contributed by atoms with Crippen molar-refractivity contribution in [3.8, 4) is 10.4 Å². The van der Waals surface area contributed by atoms with Gasteiger partial charge in [0, 0.05) is 33.8 Å². The fraction of sp³-hybridized carbons (Fsp3) is 0.400. The highest BCUT2D eigenvalue weighted by Gasteiger charge is 2.11. The maximum Gasteiger partial charge on any atom is 0.0412 e. The third-order valence-corrected chi connectivity index (χ3v) is 4.24. The molecule has 0 amide bonds.